The highest BCUT2D eigenvalue weighted by Crippen LogP contribution is 2.30. The van der Waals surface area contributed by atoms with E-state index in [0.717, 1.165) is 22.4 Å². The number of amides is 2. The predicted molar refractivity (Wildman–Crippen MR) is 171 cm³/mol. The number of thiocarbonyl (C=S) groups is 1. The minimum absolute atomic E-state index is 0.0105. The van der Waals surface area contributed by atoms with Crippen LogP contribution in [0.25, 0.3) is 17.2 Å². The van der Waals surface area contributed by atoms with E-state index in [2.05, 4.69) is 15.5 Å². The van der Waals surface area contributed by atoms with Gasteiger partial charge in [-0.05, 0) is 65.3 Å². The number of rotatable bonds is 6. The first kappa shape index (κ1) is 28.1. The molecule has 5 rings (SSSR count). The number of piperazine rings is 1. The number of hydrogen-bond acceptors (Lipinski definition) is 4. The van der Waals surface area contributed by atoms with Crippen LogP contribution in [0.5, 0.6) is 0 Å². The zero-order valence-electron chi connectivity index (χ0n) is 22.3. The molecular weight excluding hydrogens is 552 g/mol. The summed E-state index contributed by atoms with van der Waals surface area (Å²) in [5.74, 6) is -0.315. The summed E-state index contributed by atoms with van der Waals surface area (Å²) < 4.78 is 0. The van der Waals surface area contributed by atoms with Crippen molar-refractivity contribution < 1.29 is 9.59 Å². The molecule has 0 aromatic heterocycles. The maximum atomic E-state index is 12.9. The number of hydrogen-bond donors (Lipinski definition) is 2. The third-order valence-corrected chi connectivity index (χ3v) is 7.28. The van der Waals surface area contributed by atoms with Crippen molar-refractivity contribution in [1.82, 2.24) is 10.2 Å². The Hall–Kier alpha value is -4.46. The zero-order chi connectivity index (χ0) is 28.6. The third-order valence-electron chi connectivity index (χ3n) is 6.84. The lowest BCUT2D eigenvalue weighted by Gasteiger charge is -2.36. The van der Waals surface area contributed by atoms with Crippen molar-refractivity contribution in [2.45, 2.75) is 0 Å². The van der Waals surface area contributed by atoms with Crippen LogP contribution in [0.15, 0.2) is 109 Å². The highest BCUT2D eigenvalue weighted by Gasteiger charge is 2.22. The molecule has 0 unspecified atom stereocenters. The van der Waals surface area contributed by atoms with E-state index >= 15 is 0 Å². The Morgan fingerprint density at radius 1 is 0.780 bits per heavy atom. The summed E-state index contributed by atoms with van der Waals surface area (Å²) in [6.45, 7) is 2.46. The number of carbonyl (C=O) groups excluding carboxylic acids is 2. The van der Waals surface area contributed by atoms with Crippen molar-refractivity contribution in [2.24, 2.45) is 0 Å². The third kappa shape index (κ3) is 7.39. The molecule has 0 aliphatic carbocycles. The van der Waals surface area contributed by atoms with Crippen molar-refractivity contribution in [3.63, 3.8) is 0 Å². The smallest absolute Gasteiger partial charge is 0.257 e. The maximum absolute atomic E-state index is 12.9. The van der Waals surface area contributed by atoms with Crippen LogP contribution in [0, 0.1) is 0 Å². The quantitative estimate of drug-likeness (QED) is 0.201. The molecule has 206 valence electrons. The van der Waals surface area contributed by atoms with Crippen molar-refractivity contribution in [3.05, 3.63) is 125 Å². The predicted octanol–water partition coefficient (Wildman–Crippen LogP) is 6.50. The second kappa shape index (κ2) is 13.3. The lowest BCUT2D eigenvalue weighted by molar-refractivity contribution is -0.126. The molecule has 0 saturated carbocycles. The standard InChI is InChI=1S/C33H29ClN4O2S/c34-28-16-17-30(37-19-21-38(22-20-37)31(39)18-11-24-7-3-1-4-8-24)29(23-28)35-33(41)36-32(40)27-14-12-26(13-15-27)25-9-5-2-6-10-25/h1-18,23H,19-22H2,(H2,35,36,40,41)/b18-11+. The van der Waals surface area contributed by atoms with E-state index in [4.69, 9.17) is 23.8 Å². The molecule has 0 spiro atoms. The molecule has 1 aliphatic heterocycles. The number of nitrogens with zero attached hydrogens (tertiary/aromatic N) is 2. The molecule has 2 N–H and O–H groups in total. The largest absolute Gasteiger partial charge is 0.366 e. The van der Waals surface area contributed by atoms with Gasteiger partial charge in [-0.2, -0.15) is 0 Å². The number of anilines is 2. The van der Waals surface area contributed by atoms with Crippen LogP contribution in [-0.4, -0.2) is 48.0 Å². The lowest BCUT2D eigenvalue weighted by atomic mass is 10.0. The van der Waals surface area contributed by atoms with Crippen LogP contribution < -0.4 is 15.5 Å². The average molecular weight is 581 g/mol. The molecule has 0 radical (unpaired) electrons. The molecule has 2 amide bonds. The fourth-order valence-corrected chi connectivity index (χ4v) is 5.04. The van der Waals surface area contributed by atoms with E-state index in [1.807, 2.05) is 95.9 Å². The van der Waals surface area contributed by atoms with Gasteiger partial charge in [0.25, 0.3) is 5.91 Å². The Balaban J connectivity index is 1.19. The van der Waals surface area contributed by atoms with Gasteiger partial charge in [0.15, 0.2) is 5.11 Å². The van der Waals surface area contributed by atoms with Crippen molar-refractivity contribution in [1.29, 1.82) is 0 Å². The number of carbonyl (C=O) groups is 2. The van der Waals surface area contributed by atoms with E-state index in [9.17, 15) is 9.59 Å². The molecule has 1 saturated heterocycles. The van der Waals surface area contributed by atoms with Crippen LogP contribution in [-0.2, 0) is 4.79 Å². The molecule has 4 aromatic carbocycles. The summed E-state index contributed by atoms with van der Waals surface area (Å²) >= 11 is 11.8. The normalized spacial score (nSPS) is 13.2. The molecule has 1 heterocycles. The topological polar surface area (TPSA) is 64.7 Å². The average Bonchev–Trinajstić information content (AvgIpc) is 3.01. The van der Waals surface area contributed by atoms with Gasteiger partial charge < -0.3 is 15.1 Å². The molecule has 0 bridgehead atoms. The summed E-state index contributed by atoms with van der Waals surface area (Å²) in [4.78, 5) is 29.6. The van der Waals surface area contributed by atoms with E-state index in [1.54, 1.807) is 24.3 Å². The van der Waals surface area contributed by atoms with Gasteiger partial charge in [0.05, 0.1) is 11.4 Å². The Labute approximate surface area is 250 Å². The summed E-state index contributed by atoms with van der Waals surface area (Å²) in [6.07, 6.45) is 3.46. The molecule has 0 atom stereocenters. The Kier molecular flexibility index (Phi) is 9.08. The van der Waals surface area contributed by atoms with E-state index in [-0.39, 0.29) is 16.9 Å². The van der Waals surface area contributed by atoms with Gasteiger partial charge in [0, 0.05) is 42.8 Å². The van der Waals surface area contributed by atoms with Crippen LogP contribution in [0.4, 0.5) is 11.4 Å². The molecule has 4 aromatic rings. The Bertz CT molecular complexity index is 1550. The van der Waals surface area contributed by atoms with Crippen LogP contribution in [0.2, 0.25) is 5.02 Å². The maximum Gasteiger partial charge on any atom is 0.257 e. The van der Waals surface area contributed by atoms with Gasteiger partial charge in [0.1, 0.15) is 0 Å². The van der Waals surface area contributed by atoms with Crippen LogP contribution in [0.1, 0.15) is 15.9 Å². The second-order valence-corrected chi connectivity index (χ2v) is 10.4. The first-order valence-electron chi connectivity index (χ1n) is 13.3. The summed E-state index contributed by atoms with van der Waals surface area (Å²) in [6, 6.07) is 32.7. The summed E-state index contributed by atoms with van der Waals surface area (Å²) in [5, 5.41) is 6.62. The van der Waals surface area contributed by atoms with Gasteiger partial charge >= 0.3 is 0 Å². The molecule has 41 heavy (non-hydrogen) atoms. The summed E-state index contributed by atoms with van der Waals surface area (Å²) in [7, 11) is 0. The van der Waals surface area contributed by atoms with E-state index in [0.29, 0.717) is 42.5 Å². The van der Waals surface area contributed by atoms with Gasteiger partial charge in [-0.25, -0.2) is 0 Å². The van der Waals surface area contributed by atoms with Crippen LogP contribution >= 0.6 is 23.8 Å². The molecular formula is C33H29ClN4O2S. The zero-order valence-corrected chi connectivity index (χ0v) is 23.9. The monoisotopic (exact) mass is 580 g/mol. The fourth-order valence-electron chi connectivity index (χ4n) is 4.66. The number of halogens is 1. The van der Waals surface area contributed by atoms with Crippen LogP contribution in [0.3, 0.4) is 0 Å². The molecule has 6 nitrogen and oxygen atoms in total. The minimum Gasteiger partial charge on any atom is -0.366 e. The first-order valence-corrected chi connectivity index (χ1v) is 14.1. The van der Waals surface area contributed by atoms with Gasteiger partial charge in [-0.3, -0.25) is 14.9 Å². The van der Waals surface area contributed by atoms with Crippen molar-refractivity contribution in [2.75, 3.05) is 36.4 Å². The van der Waals surface area contributed by atoms with Gasteiger partial charge in [0.2, 0.25) is 5.91 Å². The van der Waals surface area contributed by atoms with E-state index in [1.165, 1.54) is 0 Å². The summed E-state index contributed by atoms with van der Waals surface area (Å²) in [5.41, 5.74) is 5.18. The van der Waals surface area contributed by atoms with Crippen molar-refractivity contribution in [3.8, 4) is 11.1 Å². The van der Waals surface area contributed by atoms with Gasteiger partial charge in [-0.15, -0.1) is 0 Å². The SMILES string of the molecule is O=C(NC(=S)Nc1cc(Cl)ccc1N1CCN(C(=O)/C=C/c2ccccc2)CC1)c1ccc(-c2ccccc2)cc1. The minimum atomic E-state index is -0.304. The number of benzene rings is 4. The van der Waals surface area contributed by atoms with Gasteiger partial charge in [-0.1, -0.05) is 84.4 Å². The first-order chi connectivity index (χ1) is 20.0. The highest BCUT2D eigenvalue weighted by atomic mass is 35.5. The lowest BCUT2D eigenvalue weighted by Crippen LogP contribution is -2.48. The van der Waals surface area contributed by atoms with Crippen molar-refractivity contribution >= 4 is 58.2 Å². The molecule has 1 aliphatic rings. The highest BCUT2D eigenvalue weighted by molar-refractivity contribution is 7.80. The number of nitrogens with one attached hydrogen (secondary N) is 2. The fraction of sp³-hybridized carbons (Fsp3) is 0.121. The molecule has 8 heteroatoms. The Morgan fingerprint density at radius 2 is 1.41 bits per heavy atom. The second-order valence-electron chi connectivity index (χ2n) is 9.57. The Morgan fingerprint density at radius 3 is 2.10 bits per heavy atom. The molecule has 1 fully saturated rings. The van der Waals surface area contributed by atoms with E-state index < -0.39 is 0 Å².